The van der Waals surface area contributed by atoms with Gasteiger partial charge in [0, 0.05) is 56.8 Å². The lowest BCUT2D eigenvalue weighted by Crippen LogP contribution is -2.46. The minimum atomic E-state index is 0.824. The molecule has 2 aromatic carbocycles. The summed E-state index contributed by atoms with van der Waals surface area (Å²) in [4.78, 5) is 12.7. The van der Waals surface area contributed by atoms with E-state index in [0.717, 1.165) is 77.1 Å². The van der Waals surface area contributed by atoms with Gasteiger partial charge in [-0.1, -0.05) is 55.5 Å². The summed E-state index contributed by atoms with van der Waals surface area (Å²) in [6.07, 6.45) is 0. The van der Waals surface area contributed by atoms with E-state index in [1.54, 1.807) is 0 Å². The number of fused-ring (bicyclic) bond motifs is 1. The van der Waals surface area contributed by atoms with Gasteiger partial charge in [0.1, 0.15) is 5.82 Å². The van der Waals surface area contributed by atoms with Crippen molar-refractivity contribution < 1.29 is 4.74 Å². The van der Waals surface area contributed by atoms with Crippen LogP contribution < -0.4 is 4.90 Å². The van der Waals surface area contributed by atoms with Gasteiger partial charge in [-0.3, -0.25) is 4.90 Å². The molecule has 0 saturated carbocycles. The normalized spacial score (nSPS) is 18.5. The van der Waals surface area contributed by atoms with E-state index in [0.29, 0.717) is 0 Å². The smallest absolute Gasteiger partial charge is 0.137 e. The van der Waals surface area contributed by atoms with Crippen molar-refractivity contribution in [3.63, 3.8) is 0 Å². The lowest BCUT2D eigenvalue weighted by atomic mass is 10.0. The molecule has 5 nitrogen and oxygen atoms in total. The standard InChI is InChI=1S/C26H32N4O/c1-2-28-11-13-30(14-12-28)26-24-10-6-3-7-21(24)19-25(27-26)23-9-5-4-8-22(23)20-29-15-17-31-18-16-29/h3-10,19H,2,11-18,20H2,1H3. The van der Waals surface area contributed by atoms with Gasteiger partial charge in [-0.2, -0.15) is 0 Å². The Balaban J connectivity index is 1.52. The average molecular weight is 417 g/mol. The molecule has 0 amide bonds. The highest BCUT2D eigenvalue weighted by molar-refractivity contribution is 5.95. The SMILES string of the molecule is CCN1CCN(c2nc(-c3ccccc3CN3CCOCC3)cc3ccccc23)CC1. The van der Waals surface area contributed by atoms with E-state index in [9.17, 15) is 0 Å². The molecule has 162 valence electrons. The number of rotatable bonds is 5. The number of hydrogen-bond donors (Lipinski definition) is 0. The van der Waals surface area contributed by atoms with Crippen LogP contribution in [0.3, 0.4) is 0 Å². The number of ether oxygens (including phenoxy) is 1. The molecule has 0 aliphatic carbocycles. The molecule has 0 N–H and O–H groups in total. The Kier molecular flexibility index (Phi) is 6.16. The monoisotopic (exact) mass is 416 g/mol. The molecule has 0 bridgehead atoms. The highest BCUT2D eigenvalue weighted by atomic mass is 16.5. The molecule has 2 saturated heterocycles. The number of morpholine rings is 1. The highest BCUT2D eigenvalue weighted by Crippen LogP contribution is 2.32. The topological polar surface area (TPSA) is 31.8 Å². The number of nitrogens with zero attached hydrogens (tertiary/aromatic N) is 4. The lowest BCUT2D eigenvalue weighted by Gasteiger charge is -2.35. The summed E-state index contributed by atoms with van der Waals surface area (Å²) in [5.41, 5.74) is 3.66. The first-order valence-electron chi connectivity index (χ1n) is 11.6. The van der Waals surface area contributed by atoms with E-state index in [1.165, 1.54) is 21.9 Å². The molecule has 2 fully saturated rings. The van der Waals surface area contributed by atoms with Crippen LogP contribution in [0.1, 0.15) is 12.5 Å². The fourth-order valence-corrected chi connectivity index (χ4v) is 4.74. The first-order chi connectivity index (χ1) is 15.3. The summed E-state index contributed by atoms with van der Waals surface area (Å²) in [5.74, 6) is 1.13. The van der Waals surface area contributed by atoms with Crippen molar-refractivity contribution in [2.24, 2.45) is 0 Å². The van der Waals surface area contributed by atoms with Crippen LogP contribution in [-0.4, -0.2) is 73.8 Å². The predicted molar refractivity (Wildman–Crippen MR) is 128 cm³/mol. The van der Waals surface area contributed by atoms with E-state index < -0.39 is 0 Å². The van der Waals surface area contributed by atoms with Crippen molar-refractivity contribution in [2.45, 2.75) is 13.5 Å². The number of pyridine rings is 1. The summed E-state index contributed by atoms with van der Waals surface area (Å²) >= 11 is 0. The number of likely N-dealkylation sites (N-methyl/N-ethyl adjacent to an activating group) is 1. The molecule has 2 aliphatic rings. The van der Waals surface area contributed by atoms with Crippen molar-refractivity contribution in [3.05, 3.63) is 60.2 Å². The first kappa shape index (κ1) is 20.4. The van der Waals surface area contributed by atoms with Crippen LogP contribution in [0.25, 0.3) is 22.0 Å². The number of benzene rings is 2. The van der Waals surface area contributed by atoms with E-state index in [4.69, 9.17) is 9.72 Å². The molecular formula is C26H32N4O. The summed E-state index contributed by atoms with van der Waals surface area (Å²) in [6.45, 7) is 12.2. The molecule has 3 aromatic rings. The van der Waals surface area contributed by atoms with Crippen LogP contribution in [0.15, 0.2) is 54.6 Å². The maximum absolute atomic E-state index is 5.54. The first-order valence-corrected chi connectivity index (χ1v) is 11.6. The summed E-state index contributed by atoms with van der Waals surface area (Å²) in [6, 6.07) is 19.7. The van der Waals surface area contributed by atoms with Crippen molar-refractivity contribution in [1.82, 2.24) is 14.8 Å². The fourth-order valence-electron chi connectivity index (χ4n) is 4.74. The Bertz CT molecular complexity index is 1020. The third kappa shape index (κ3) is 4.45. The molecule has 0 unspecified atom stereocenters. The molecule has 2 aliphatic heterocycles. The number of anilines is 1. The zero-order valence-electron chi connectivity index (χ0n) is 18.5. The van der Waals surface area contributed by atoms with E-state index in [1.807, 2.05) is 0 Å². The average Bonchev–Trinajstić information content (AvgIpc) is 2.84. The van der Waals surface area contributed by atoms with Gasteiger partial charge < -0.3 is 14.5 Å². The third-order valence-electron chi connectivity index (χ3n) is 6.63. The number of hydrogen-bond acceptors (Lipinski definition) is 5. The van der Waals surface area contributed by atoms with Crippen LogP contribution in [0.5, 0.6) is 0 Å². The van der Waals surface area contributed by atoms with Crippen LogP contribution in [0.4, 0.5) is 5.82 Å². The quantitative estimate of drug-likeness (QED) is 0.630. The van der Waals surface area contributed by atoms with Gasteiger partial charge in [0.25, 0.3) is 0 Å². The molecule has 31 heavy (non-hydrogen) atoms. The molecule has 5 heteroatoms. The van der Waals surface area contributed by atoms with E-state index in [-0.39, 0.29) is 0 Å². The second-order valence-corrected chi connectivity index (χ2v) is 8.52. The predicted octanol–water partition coefficient (Wildman–Crippen LogP) is 3.88. The van der Waals surface area contributed by atoms with Crippen molar-refractivity contribution in [3.8, 4) is 11.3 Å². The zero-order chi connectivity index (χ0) is 21.0. The number of aromatic nitrogens is 1. The number of piperazine rings is 1. The van der Waals surface area contributed by atoms with Gasteiger partial charge >= 0.3 is 0 Å². The van der Waals surface area contributed by atoms with Crippen LogP contribution in [0, 0.1) is 0 Å². The lowest BCUT2D eigenvalue weighted by molar-refractivity contribution is 0.0342. The van der Waals surface area contributed by atoms with Gasteiger partial charge in [-0.05, 0) is 23.6 Å². The Morgan fingerprint density at radius 1 is 0.839 bits per heavy atom. The van der Waals surface area contributed by atoms with Crippen LogP contribution >= 0.6 is 0 Å². The van der Waals surface area contributed by atoms with E-state index >= 15 is 0 Å². The van der Waals surface area contributed by atoms with Crippen molar-refractivity contribution >= 4 is 16.6 Å². The third-order valence-corrected chi connectivity index (χ3v) is 6.63. The molecule has 3 heterocycles. The Morgan fingerprint density at radius 3 is 2.39 bits per heavy atom. The second kappa shape index (κ2) is 9.35. The Hall–Kier alpha value is -2.47. The highest BCUT2D eigenvalue weighted by Gasteiger charge is 2.21. The van der Waals surface area contributed by atoms with Crippen molar-refractivity contribution in [2.75, 3.05) is 63.9 Å². The molecule has 0 spiro atoms. The maximum Gasteiger partial charge on any atom is 0.137 e. The minimum Gasteiger partial charge on any atom is -0.379 e. The minimum absolute atomic E-state index is 0.824. The van der Waals surface area contributed by atoms with Crippen LogP contribution in [-0.2, 0) is 11.3 Å². The Labute approximate surface area is 185 Å². The maximum atomic E-state index is 5.54. The summed E-state index contributed by atoms with van der Waals surface area (Å²) < 4.78 is 5.54. The van der Waals surface area contributed by atoms with Gasteiger partial charge in [0.2, 0.25) is 0 Å². The van der Waals surface area contributed by atoms with Gasteiger partial charge in [-0.15, -0.1) is 0 Å². The summed E-state index contributed by atoms with van der Waals surface area (Å²) in [5, 5.41) is 2.52. The molecule has 0 radical (unpaired) electrons. The second-order valence-electron chi connectivity index (χ2n) is 8.52. The molecule has 0 atom stereocenters. The van der Waals surface area contributed by atoms with Gasteiger partial charge in [0.15, 0.2) is 0 Å². The molecule has 1 aromatic heterocycles. The van der Waals surface area contributed by atoms with Crippen LogP contribution in [0.2, 0.25) is 0 Å². The molecule has 5 rings (SSSR count). The Morgan fingerprint density at radius 2 is 1.58 bits per heavy atom. The van der Waals surface area contributed by atoms with Gasteiger partial charge in [-0.25, -0.2) is 4.98 Å². The van der Waals surface area contributed by atoms with E-state index in [2.05, 4.69) is 76.2 Å². The fraction of sp³-hybridized carbons (Fsp3) is 0.423. The largest absolute Gasteiger partial charge is 0.379 e. The van der Waals surface area contributed by atoms with Crippen molar-refractivity contribution in [1.29, 1.82) is 0 Å². The van der Waals surface area contributed by atoms with Gasteiger partial charge in [0.05, 0.1) is 18.9 Å². The molecular weight excluding hydrogens is 384 g/mol. The summed E-state index contributed by atoms with van der Waals surface area (Å²) in [7, 11) is 0. The zero-order valence-corrected chi connectivity index (χ0v) is 18.5.